The van der Waals surface area contributed by atoms with Gasteiger partial charge in [-0.05, 0) is 36.5 Å². The molecule has 1 fully saturated rings. The van der Waals surface area contributed by atoms with Gasteiger partial charge in [0.05, 0.1) is 12.7 Å². The molecule has 24 heavy (non-hydrogen) atoms. The first-order valence-electron chi connectivity index (χ1n) is 7.96. The second kappa shape index (κ2) is 6.40. The van der Waals surface area contributed by atoms with Crippen LogP contribution < -0.4 is 4.74 Å². The van der Waals surface area contributed by atoms with Crippen molar-refractivity contribution in [3.05, 3.63) is 35.5 Å². The standard InChI is InChI=1S/C19H21N3O2/c1-5-13-11-22(12-18(23)21(2)3)20-19(13)16-10-15(14-6-7-14)8-9-17(16)24-4/h1,8-11,14H,6-7,12H2,2-4H3. The van der Waals surface area contributed by atoms with Gasteiger partial charge in [-0.3, -0.25) is 9.48 Å². The quantitative estimate of drug-likeness (QED) is 0.794. The fourth-order valence-electron chi connectivity index (χ4n) is 2.67. The Morgan fingerprint density at radius 1 is 1.46 bits per heavy atom. The maximum absolute atomic E-state index is 11.9. The lowest BCUT2D eigenvalue weighted by molar-refractivity contribution is -0.129. The molecular formula is C19H21N3O2. The number of carbonyl (C=O) groups is 1. The molecule has 1 aliphatic rings. The van der Waals surface area contributed by atoms with Crippen LogP contribution in [-0.2, 0) is 11.3 Å². The lowest BCUT2D eigenvalue weighted by Gasteiger charge is -2.10. The van der Waals surface area contributed by atoms with Crippen LogP contribution in [0.4, 0.5) is 0 Å². The summed E-state index contributed by atoms with van der Waals surface area (Å²) in [6.45, 7) is 0.159. The minimum Gasteiger partial charge on any atom is -0.496 e. The molecule has 0 unspecified atom stereocenters. The Balaban J connectivity index is 2.02. The monoisotopic (exact) mass is 323 g/mol. The van der Waals surface area contributed by atoms with E-state index >= 15 is 0 Å². The average Bonchev–Trinajstić information content (AvgIpc) is 3.35. The largest absolute Gasteiger partial charge is 0.496 e. The van der Waals surface area contributed by atoms with Crippen molar-refractivity contribution in [2.45, 2.75) is 25.3 Å². The molecule has 2 aromatic rings. The number of likely N-dealkylation sites (N-methyl/N-ethyl adjacent to an activating group) is 1. The number of hydrogen-bond acceptors (Lipinski definition) is 3. The fraction of sp³-hybridized carbons (Fsp3) is 0.368. The highest BCUT2D eigenvalue weighted by molar-refractivity contribution is 5.76. The van der Waals surface area contributed by atoms with Gasteiger partial charge in [0.15, 0.2) is 0 Å². The molecule has 0 spiro atoms. The number of aromatic nitrogens is 2. The van der Waals surface area contributed by atoms with Crippen molar-refractivity contribution in [2.24, 2.45) is 0 Å². The van der Waals surface area contributed by atoms with E-state index < -0.39 is 0 Å². The minimum absolute atomic E-state index is 0.0358. The number of benzene rings is 1. The molecule has 3 rings (SSSR count). The van der Waals surface area contributed by atoms with E-state index in [1.165, 1.54) is 23.3 Å². The summed E-state index contributed by atoms with van der Waals surface area (Å²) in [4.78, 5) is 13.5. The van der Waals surface area contributed by atoms with Gasteiger partial charge in [-0.25, -0.2) is 0 Å². The third-order valence-electron chi connectivity index (χ3n) is 4.24. The number of ether oxygens (including phenoxy) is 1. The SMILES string of the molecule is C#Cc1cn(CC(=O)N(C)C)nc1-c1cc(C2CC2)ccc1OC. The Morgan fingerprint density at radius 3 is 2.79 bits per heavy atom. The molecule has 0 atom stereocenters. The Hall–Kier alpha value is -2.74. The molecule has 1 aromatic carbocycles. The predicted molar refractivity (Wildman–Crippen MR) is 92.8 cm³/mol. The maximum Gasteiger partial charge on any atom is 0.243 e. The van der Waals surface area contributed by atoms with Gasteiger partial charge in [0.25, 0.3) is 0 Å². The van der Waals surface area contributed by atoms with Crippen LogP contribution in [0.25, 0.3) is 11.3 Å². The fourth-order valence-corrected chi connectivity index (χ4v) is 2.67. The number of rotatable bonds is 5. The molecule has 1 amide bonds. The lowest BCUT2D eigenvalue weighted by atomic mass is 10.0. The first-order valence-corrected chi connectivity index (χ1v) is 7.96. The van der Waals surface area contributed by atoms with Crippen molar-refractivity contribution in [3.63, 3.8) is 0 Å². The molecule has 5 heteroatoms. The number of nitrogens with zero attached hydrogens (tertiary/aromatic N) is 3. The van der Waals surface area contributed by atoms with Crippen molar-refractivity contribution >= 4 is 5.91 Å². The summed E-state index contributed by atoms with van der Waals surface area (Å²) in [5.74, 6) is 4.00. The summed E-state index contributed by atoms with van der Waals surface area (Å²) in [5, 5.41) is 4.55. The van der Waals surface area contributed by atoms with E-state index in [4.69, 9.17) is 11.2 Å². The summed E-state index contributed by atoms with van der Waals surface area (Å²) < 4.78 is 7.08. The highest BCUT2D eigenvalue weighted by Crippen LogP contribution is 2.43. The van der Waals surface area contributed by atoms with Gasteiger partial charge >= 0.3 is 0 Å². The minimum atomic E-state index is -0.0358. The number of carbonyl (C=O) groups excluding carboxylic acids is 1. The van der Waals surface area contributed by atoms with E-state index in [0.29, 0.717) is 17.2 Å². The van der Waals surface area contributed by atoms with Crippen LogP contribution in [0, 0.1) is 12.3 Å². The number of methoxy groups -OCH3 is 1. The Kier molecular flexibility index (Phi) is 4.30. The van der Waals surface area contributed by atoms with Gasteiger partial charge in [-0.1, -0.05) is 12.0 Å². The molecule has 0 N–H and O–H groups in total. The summed E-state index contributed by atoms with van der Waals surface area (Å²) >= 11 is 0. The summed E-state index contributed by atoms with van der Waals surface area (Å²) in [6, 6.07) is 6.17. The summed E-state index contributed by atoms with van der Waals surface area (Å²) in [7, 11) is 5.08. The van der Waals surface area contributed by atoms with Crippen LogP contribution in [0.5, 0.6) is 5.75 Å². The zero-order valence-electron chi connectivity index (χ0n) is 14.2. The van der Waals surface area contributed by atoms with Crippen molar-refractivity contribution in [2.75, 3.05) is 21.2 Å². The normalized spacial score (nSPS) is 13.4. The van der Waals surface area contributed by atoms with Crippen LogP contribution in [0.3, 0.4) is 0 Å². The zero-order valence-corrected chi connectivity index (χ0v) is 14.2. The van der Waals surface area contributed by atoms with Crippen LogP contribution in [0.1, 0.15) is 29.9 Å². The Labute approximate surface area is 142 Å². The van der Waals surface area contributed by atoms with Crippen molar-refractivity contribution < 1.29 is 9.53 Å². The molecular weight excluding hydrogens is 302 g/mol. The summed E-state index contributed by atoms with van der Waals surface area (Å²) in [5.41, 5.74) is 3.51. The van der Waals surface area contributed by atoms with E-state index in [0.717, 1.165) is 11.3 Å². The molecule has 1 saturated carbocycles. The number of amides is 1. The van der Waals surface area contributed by atoms with Gasteiger partial charge in [0.2, 0.25) is 5.91 Å². The second-order valence-electron chi connectivity index (χ2n) is 6.26. The molecule has 0 saturated heterocycles. The van der Waals surface area contributed by atoms with E-state index in [1.54, 1.807) is 32.1 Å². The van der Waals surface area contributed by atoms with Crippen LogP contribution in [-0.4, -0.2) is 41.8 Å². The van der Waals surface area contributed by atoms with Gasteiger partial charge in [-0.2, -0.15) is 5.10 Å². The first-order chi connectivity index (χ1) is 11.5. The highest BCUT2D eigenvalue weighted by Gasteiger charge is 2.25. The van der Waals surface area contributed by atoms with Gasteiger partial charge in [-0.15, -0.1) is 6.42 Å². The number of terminal acetylenes is 1. The molecule has 124 valence electrons. The predicted octanol–water partition coefficient (Wildman–Crippen LogP) is 2.51. The van der Waals surface area contributed by atoms with Crippen molar-refractivity contribution in [1.29, 1.82) is 0 Å². The Bertz CT molecular complexity index is 811. The topological polar surface area (TPSA) is 47.4 Å². The molecule has 0 aliphatic heterocycles. The van der Waals surface area contributed by atoms with Crippen molar-refractivity contribution in [1.82, 2.24) is 14.7 Å². The Morgan fingerprint density at radius 2 is 2.21 bits per heavy atom. The molecule has 1 aliphatic carbocycles. The van der Waals surface area contributed by atoms with Crippen molar-refractivity contribution in [3.8, 4) is 29.4 Å². The van der Waals surface area contributed by atoms with E-state index in [1.807, 2.05) is 6.07 Å². The lowest BCUT2D eigenvalue weighted by Crippen LogP contribution is -2.26. The van der Waals surface area contributed by atoms with E-state index in [9.17, 15) is 4.79 Å². The third kappa shape index (κ3) is 3.13. The van der Waals surface area contributed by atoms with Crippen LogP contribution >= 0.6 is 0 Å². The smallest absolute Gasteiger partial charge is 0.243 e. The van der Waals surface area contributed by atoms with E-state index in [-0.39, 0.29) is 12.5 Å². The molecule has 5 nitrogen and oxygen atoms in total. The first kappa shape index (κ1) is 16.1. The zero-order chi connectivity index (χ0) is 17.3. The second-order valence-corrected chi connectivity index (χ2v) is 6.26. The molecule has 0 bridgehead atoms. The maximum atomic E-state index is 11.9. The molecule has 1 heterocycles. The van der Waals surface area contributed by atoms with Gasteiger partial charge in [0.1, 0.15) is 18.0 Å². The van der Waals surface area contributed by atoms with Crippen LogP contribution in [0.15, 0.2) is 24.4 Å². The highest BCUT2D eigenvalue weighted by atomic mass is 16.5. The molecule has 1 aromatic heterocycles. The van der Waals surface area contributed by atoms with Gasteiger partial charge < -0.3 is 9.64 Å². The third-order valence-corrected chi connectivity index (χ3v) is 4.24. The average molecular weight is 323 g/mol. The number of hydrogen-bond donors (Lipinski definition) is 0. The van der Waals surface area contributed by atoms with Gasteiger partial charge in [0, 0.05) is 25.9 Å². The van der Waals surface area contributed by atoms with E-state index in [2.05, 4.69) is 23.2 Å². The molecule has 0 radical (unpaired) electrons. The van der Waals surface area contributed by atoms with Crippen LogP contribution in [0.2, 0.25) is 0 Å². The summed E-state index contributed by atoms with van der Waals surface area (Å²) in [6.07, 6.45) is 9.83.